The monoisotopic (exact) mass is 243 g/mol. The Morgan fingerprint density at radius 3 is 0.583 bits per heavy atom. The summed E-state index contributed by atoms with van der Waals surface area (Å²) in [4.78, 5) is 0. The maximum atomic E-state index is 7.13. The van der Waals surface area contributed by atoms with Crippen LogP contribution in [-0.2, 0) is 37.9 Å². The Labute approximate surface area is 155 Å². The van der Waals surface area contributed by atoms with Gasteiger partial charge in [0, 0.05) is 0 Å². The summed E-state index contributed by atoms with van der Waals surface area (Å²) >= 11 is 11.1. The Bertz CT molecular complexity index is 117. The molecule has 0 unspecified atom stereocenters. The number of hydrogen-bond acceptors (Lipinski definition) is 6. The fraction of sp³-hybridized carbons (Fsp3) is 0. The second-order valence-electron chi connectivity index (χ2n) is 0.274. The zero-order chi connectivity index (χ0) is 8.12. The predicted molar refractivity (Wildman–Crippen MR) is 38.9 cm³/mol. The maximum Gasteiger partial charge on any atom is 1.00 e. The van der Waals surface area contributed by atoms with Gasteiger partial charge in [-0.15, -0.1) is 0 Å². The Balaban J connectivity index is -0.00000001000. The molecule has 0 amide bonds. The van der Waals surface area contributed by atoms with Crippen LogP contribution in [0.3, 0.4) is 0 Å². The van der Waals surface area contributed by atoms with Gasteiger partial charge < -0.3 is 37.9 Å². The average molecular weight is 243 g/mol. The van der Waals surface area contributed by atoms with Crippen LogP contribution in [0.2, 0.25) is 0 Å². The zero-order valence-corrected chi connectivity index (χ0v) is 15.5. The molecule has 0 aliphatic rings. The van der Waals surface area contributed by atoms with Crippen LogP contribution >= 0.6 is 0 Å². The van der Waals surface area contributed by atoms with E-state index >= 15 is 0 Å². The number of nitriles is 3. The molecule has 0 aliphatic heterocycles. The normalized spacial score (nSPS) is 1.75. The first-order valence-corrected chi connectivity index (χ1v) is 2.51. The van der Waals surface area contributed by atoms with Gasteiger partial charge in [-0.05, 0) is 0 Å². The minimum Gasteiger partial charge on any atom is -0.696 e. The van der Waals surface area contributed by atoms with Crippen LogP contribution in [0.1, 0.15) is 0 Å². The van der Waals surface area contributed by atoms with Crippen molar-refractivity contribution in [3.8, 4) is 16.2 Å². The molecule has 12 heavy (non-hydrogen) atoms. The van der Waals surface area contributed by atoms with Gasteiger partial charge in [0.25, 0.3) is 0 Å². The van der Waals surface area contributed by atoms with E-state index in [9.17, 15) is 0 Å². The van der Waals surface area contributed by atoms with E-state index in [0.717, 1.165) is 0 Å². The van der Waals surface area contributed by atoms with Gasteiger partial charge in [0.1, 0.15) is 0 Å². The molecule has 0 atom stereocenters. The number of hydrogen-bond donors (Lipinski definition) is 0. The molecule has 0 radical (unpaired) electrons. The Morgan fingerprint density at radius 1 is 0.583 bits per heavy atom. The summed E-state index contributed by atoms with van der Waals surface area (Å²) in [6.45, 7) is 0. The standard InChI is InChI=1S/3CHNS.3Na/c3*2-1-3;;;/h3*3H;;;/q;;;3*+1/p-3. The van der Waals surface area contributed by atoms with Crippen molar-refractivity contribution >= 4 is 37.9 Å². The molecule has 0 aromatic carbocycles. The van der Waals surface area contributed by atoms with Crippen molar-refractivity contribution in [2.45, 2.75) is 0 Å². The van der Waals surface area contributed by atoms with Crippen molar-refractivity contribution in [2.75, 3.05) is 0 Å². The third-order valence-corrected chi connectivity index (χ3v) is 0. The van der Waals surface area contributed by atoms with E-state index in [-0.39, 0.29) is 88.7 Å². The van der Waals surface area contributed by atoms with E-state index in [1.807, 2.05) is 0 Å². The fourth-order valence-electron chi connectivity index (χ4n) is 0. The molecule has 0 aromatic heterocycles. The van der Waals surface area contributed by atoms with Crippen LogP contribution in [0.4, 0.5) is 0 Å². The van der Waals surface area contributed by atoms with Crippen LogP contribution in [0, 0.1) is 32.0 Å². The molecule has 0 aliphatic carbocycles. The summed E-state index contributed by atoms with van der Waals surface area (Å²) in [7, 11) is 0. The van der Waals surface area contributed by atoms with Gasteiger partial charge in [-0.3, -0.25) is 0 Å². The van der Waals surface area contributed by atoms with Gasteiger partial charge in [0.15, 0.2) is 0 Å². The van der Waals surface area contributed by atoms with Crippen LogP contribution in [0.5, 0.6) is 0 Å². The van der Waals surface area contributed by atoms with Crippen LogP contribution in [0.15, 0.2) is 0 Å². The second-order valence-corrected chi connectivity index (χ2v) is 0.822. The summed E-state index contributed by atoms with van der Waals surface area (Å²) in [6, 6.07) is 0. The van der Waals surface area contributed by atoms with E-state index in [1.54, 1.807) is 0 Å². The van der Waals surface area contributed by atoms with Crippen molar-refractivity contribution in [2.24, 2.45) is 0 Å². The van der Waals surface area contributed by atoms with Crippen molar-refractivity contribution in [3.63, 3.8) is 0 Å². The summed E-state index contributed by atoms with van der Waals surface area (Å²) in [5.41, 5.74) is 0. The van der Waals surface area contributed by atoms with E-state index < -0.39 is 0 Å². The third-order valence-electron chi connectivity index (χ3n) is 0. The number of thiocyanates is 3. The van der Waals surface area contributed by atoms with Crippen molar-refractivity contribution < 1.29 is 88.7 Å². The van der Waals surface area contributed by atoms with E-state index in [0.29, 0.717) is 0 Å². The Hall–Kier alpha value is 2.13. The quantitative estimate of drug-likeness (QED) is 0.239. The molecule has 0 N–H and O–H groups in total. The zero-order valence-electron chi connectivity index (χ0n) is 7.07. The smallest absolute Gasteiger partial charge is 0.696 e. The van der Waals surface area contributed by atoms with Gasteiger partial charge in [-0.2, -0.15) is 0 Å². The van der Waals surface area contributed by atoms with Crippen molar-refractivity contribution in [1.82, 2.24) is 0 Å². The molecule has 0 rings (SSSR count). The summed E-state index contributed by atoms with van der Waals surface area (Å²) in [5, 5.41) is 25.4. The van der Waals surface area contributed by atoms with E-state index in [2.05, 4.69) is 37.9 Å². The van der Waals surface area contributed by atoms with Crippen LogP contribution in [0.25, 0.3) is 0 Å². The molecule has 3 nitrogen and oxygen atoms in total. The third kappa shape index (κ3) is 331. The number of nitrogens with zero attached hydrogens (tertiary/aromatic N) is 3. The topological polar surface area (TPSA) is 71.4 Å². The Kier molecular flexibility index (Phi) is 225. The van der Waals surface area contributed by atoms with E-state index in [1.165, 1.54) is 16.2 Å². The summed E-state index contributed by atoms with van der Waals surface area (Å²) < 4.78 is 0. The van der Waals surface area contributed by atoms with Gasteiger partial charge in [0.05, 0.1) is 0 Å². The first-order valence-electron chi connectivity index (χ1n) is 1.28. The first-order chi connectivity index (χ1) is 4.24. The molecule has 0 saturated heterocycles. The largest absolute Gasteiger partial charge is 1.00 e. The molecule has 0 bridgehead atoms. The molecular formula is C3N3Na3S3. The molecule has 0 saturated carbocycles. The molecule has 48 valence electrons. The van der Waals surface area contributed by atoms with Crippen LogP contribution in [-0.4, -0.2) is 0 Å². The van der Waals surface area contributed by atoms with Gasteiger partial charge in [-0.1, -0.05) is 16.2 Å². The SMILES string of the molecule is N#C[S-].N#C[S-].N#C[S-].[Na+].[Na+].[Na+]. The Morgan fingerprint density at radius 2 is 0.583 bits per heavy atom. The molecule has 0 heterocycles. The second kappa shape index (κ2) is 73.4. The summed E-state index contributed by atoms with van der Waals surface area (Å²) in [6.07, 6.45) is 0. The van der Waals surface area contributed by atoms with Gasteiger partial charge in [0.2, 0.25) is 0 Å². The number of rotatable bonds is 0. The van der Waals surface area contributed by atoms with Crippen molar-refractivity contribution in [3.05, 3.63) is 0 Å². The molecular weight excluding hydrogens is 243 g/mol. The summed E-state index contributed by atoms with van der Waals surface area (Å²) in [5.74, 6) is 0. The average Bonchev–Trinajstić information content (AvgIpc) is 1.70. The fourth-order valence-corrected chi connectivity index (χ4v) is 0. The van der Waals surface area contributed by atoms with E-state index in [4.69, 9.17) is 15.8 Å². The first kappa shape index (κ1) is 36.9. The van der Waals surface area contributed by atoms with Gasteiger partial charge in [-0.25, -0.2) is 15.8 Å². The van der Waals surface area contributed by atoms with Crippen molar-refractivity contribution in [1.29, 1.82) is 15.8 Å². The minimum absolute atomic E-state index is 0. The predicted octanol–water partition coefficient (Wildman–Crippen LogP) is -8.94. The minimum atomic E-state index is 0. The molecule has 0 fully saturated rings. The van der Waals surface area contributed by atoms with Crippen LogP contribution < -0.4 is 88.7 Å². The molecule has 0 aromatic rings. The maximum absolute atomic E-state index is 7.13. The molecule has 9 heteroatoms. The molecule has 0 spiro atoms. The van der Waals surface area contributed by atoms with Gasteiger partial charge >= 0.3 is 88.7 Å².